The van der Waals surface area contributed by atoms with Crippen molar-refractivity contribution in [3.8, 4) is 0 Å². The first-order chi connectivity index (χ1) is 10.1. The number of nitrogens with zero attached hydrogens (tertiary/aromatic N) is 4. The van der Waals surface area contributed by atoms with Crippen molar-refractivity contribution in [3.05, 3.63) is 10.4 Å². The van der Waals surface area contributed by atoms with E-state index in [9.17, 15) is 9.59 Å². The second-order valence-electron chi connectivity index (χ2n) is 5.09. The summed E-state index contributed by atoms with van der Waals surface area (Å²) in [5.74, 6) is -0.410. The van der Waals surface area contributed by atoms with Crippen LogP contribution in [0.4, 0.5) is 4.79 Å². The average molecular weight is 298 g/mol. The molecule has 21 heavy (non-hydrogen) atoms. The number of unbranched alkanes of at least 4 members (excludes halogenated alkanes) is 3. The Morgan fingerprint density at radius 2 is 1.67 bits per heavy atom. The molecule has 0 unspecified atom stereocenters. The molecule has 0 rings (SSSR count). The molecule has 0 fully saturated rings. The van der Waals surface area contributed by atoms with E-state index in [0.717, 1.165) is 32.2 Å². The van der Waals surface area contributed by atoms with E-state index in [1.807, 2.05) is 14.1 Å². The lowest BCUT2D eigenvalue weighted by molar-refractivity contribution is -0.118. The smallest absolute Gasteiger partial charge is 0.314 e. The Labute approximate surface area is 125 Å². The molecule has 0 aromatic rings. The maximum absolute atomic E-state index is 11.4. The Kier molecular flexibility index (Phi) is 12.1. The van der Waals surface area contributed by atoms with Crippen LogP contribution < -0.4 is 10.6 Å². The highest BCUT2D eigenvalue weighted by molar-refractivity contribution is 5.76. The largest absolute Gasteiger partial charge is 0.338 e. The molecule has 0 saturated heterocycles. The van der Waals surface area contributed by atoms with Crippen molar-refractivity contribution in [1.82, 2.24) is 15.5 Å². The summed E-state index contributed by atoms with van der Waals surface area (Å²) in [4.78, 5) is 26.8. The highest BCUT2D eigenvalue weighted by Crippen LogP contribution is 2.03. The van der Waals surface area contributed by atoms with Crippen molar-refractivity contribution in [2.24, 2.45) is 5.11 Å². The van der Waals surface area contributed by atoms with E-state index >= 15 is 0 Å². The number of amides is 3. The number of azide groups is 1. The molecule has 8 heteroatoms. The van der Waals surface area contributed by atoms with Gasteiger partial charge in [0.2, 0.25) is 5.91 Å². The van der Waals surface area contributed by atoms with E-state index in [0.29, 0.717) is 25.9 Å². The van der Waals surface area contributed by atoms with Gasteiger partial charge in [-0.15, -0.1) is 0 Å². The molecule has 0 saturated carbocycles. The summed E-state index contributed by atoms with van der Waals surface area (Å²) in [6.45, 7) is 2.25. The fourth-order valence-corrected chi connectivity index (χ4v) is 1.72. The molecule has 0 aromatic carbocycles. The van der Waals surface area contributed by atoms with Crippen molar-refractivity contribution in [2.75, 3.05) is 33.7 Å². The maximum Gasteiger partial charge on any atom is 0.314 e. The van der Waals surface area contributed by atoms with Gasteiger partial charge in [0.15, 0.2) is 0 Å². The van der Waals surface area contributed by atoms with Gasteiger partial charge < -0.3 is 15.5 Å². The number of nitrogens with one attached hydrogen (secondary N) is 2. The number of hydrogen-bond donors (Lipinski definition) is 2. The van der Waals surface area contributed by atoms with Gasteiger partial charge >= 0.3 is 6.03 Å². The van der Waals surface area contributed by atoms with Gasteiger partial charge in [-0.2, -0.15) is 0 Å². The normalized spacial score (nSPS) is 10.0. The molecule has 0 radical (unpaired) electrons. The minimum absolute atomic E-state index is 0.132. The predicted molar refractivity (Wildman–Crippen MR) is 81.8 cm³/mol. The van der Waals surface area contributed by atoms with Crippen LogP contribution in [-0.4, -0.2) is 50.6 Å². The minimum atomic E-state index is -0.410. The fraction of sp³-hybridized carbons (Fsp3) is 0.846. The van der Waals surface area contributed by atoms with E-state index in [4.69, 9.17) is 5.53 Å². The monoisotopic (exact) mass is 298 g/mol. The molecule has 120 valence electrons. The van der Waals surface area contributed by atoms with Crippen LogP contribution >= 0.6 is 0 Å². The van der Waals surface area contributed by atoms with Crippen molar-refractivity contribution in [1.29, 1.82) is 0 Å². The van der Waals surface area contributed by atoms with Gasteiger partial charge in [-0.05, 0) is 50.5 Å². The molecule has 8 nitrogen and oxygen atoms in total. The molecule has 0 heterocycles. The molecule has 0 aliphatic carbocycles. The summed E-state index contributed by atoms with van der Waals surface area (Å²) in [5.41, 5.74) is 8.05. The Hall–Kier alpha value is -1.79. The van der Waals surface area contributed by atoms with Crippen LogP contribution in [0.25, 0.3) is 10.4 Å². The Morgan fingerprint density at radius 3 is 2.29 bits per heavy atom. The standard InChI is InChI=1S/C13H26N6O2/c1-19(2)11-7-10-16-13(21)15-9-6-4-3-5-8-12(20)17-18-14/h3-11H2,1-2H3,(H2,15,16,21). The zero-order valence-corrected chi connectivity index (χ0v) is 13.0. The van der Waals surface area contributed by atoms with E-state index in [-0.39, 0.29) is 6.03 Å². The number of rotatable bonds is 11. The lowest BCUT2D eigenvalue weighted by atomic mass is 10.1. The lowest BCUT2D eigenvalue weighted by Gasteiger charge is -2.10. The summed E-state index contributed by atoms with van der Waals surface area (Å²) in [7, 11) is 4.00. The molecular formula is C13H26N6O2. The lowest BCUT2D eigenvalue weighted by Crippen LogP contribution is -2.37. The van der Waals surface area contributed by atoms with Gasteiger partial charge in [-0.3, -0.25) is 4.79 Å². The second-order valence-corrected chi connectivity index (χ2v) is 5.09. The van der Waals surface area contributed by atoms with E-state index in [2.05, 4.69) is 25.6 Å². The maximum atomic E-state index is 11.4. The average Bonchev–Trinajstić information content (AvgIpc) is 2.42. The summed E-state index contributed by atoms with van der Waals surface area (Å²) in [6, 6.07) is -0.132. The van der Waals surface area contributed by atoms with Crippen molar-refractivity contribution in [2.45, 2.75) is 38.5 Å². The molecule has 0 bridgehead atoms. The van der Waals surface area contributed by atoms with Gasteiger partial charge in [-0.25, -0.2) is 4.79 Å². The first kappa shape index (κ1) is 19.2. The molecule has 0 aromatic heterocycles. The SMILES string of the molecule is CN(C)CCCNC(=O)NCCCCCCC(=O)N=[N+]=[N-]. The van der Waals surface area contributed by atoms with Gasteiger partial charge in [-0.1, -0.05) is 12.8 Å². The van der Waals surface area contributed by atoms with Gasteiger partial charge in [0.1, 0.15) is 0 Å². The van der Waals surface area contributed by atoms with Crippen LogP contribution in [0.1, 0.15) is 38.5 Å². The first-order valence-corrected chi connectivity index (χ1v) is 7.30. The number of carbonyl (C=O) groups excluding carboxylic acids is 2. The van der Waals surface area contributed by atoms with Crippen LogP contribution in [0.5, 0.6) is 0 Å². The van der Waals surface area contributed by atoms with Crippen molar-refractivity contribution < 1.29 is 9.59 Å². The van der Waals surface area contributed by atoms with Crippen LogP contribution in [0, 0.1) is 0 Å². The quantitative estimate of drug-likeness (QED) is 0.263. The summed E-state index contributed by atoms with van der Waals surface area (Å²) < 4.78 is 0. The van der Waals surface area contributed by atoms with Gasteiger partial charge in [0.05, 0.1) is 0 Å². The van der Waals surface area contributed by atoms with Crippen LogP contribution in [-0.2, 0) is 4.79 Å². The van der Waals surface area contributed by atoms with Crippen LogP contribution in [0.15, 0.2) is 5.11 Å². The van der Waals surface area contributed by atoms with Crippen molar-refractivity contribution >= 4 is 11.9 Å². The fourth-order valence-electron chi connectivity index (χ4n) is 1.72. The Bertz CT molecular complexity index is 353. The van der Waals surface area contributed by atoms with E-state index in [1.165, 1.54) is 0 Å². The zero-order chi connectivity index (χ0) is 15.9. The third-order valence-electron chi connectivity index (χ3n) is 2.83. The highest BCUT2D eigenvalue weighted by Gasteiger charge is 2.00. The first-order valence-electron chi connectivity index (χ1n) is 7.30. The molecular weight excluding hydrogens is 272 g/mol. The van der Waals surface area contributed by atoms with Gasteiger partial charge in [0, 0.05) is 24.4 Å². The molecule has 2 N–H and O–H groups in total. The van der Waals surface area contributed by atoms with E-state index in [1.54, 1.807) is 0 Å². The topological polar surface area (TPSA) is 110 Å². The number of carbonyl (C=O) groups is 2. The summed E-state index contributed by atoms with van der Waals surface area (Å²) >= 11 is 0. The van der Waals surface area contributed by atoms with Crippen molar-refractivity contribution in [3.63, 3.8) is 0 Å². The minimum Gasteiger partial charge on any atom is -0.338 e. The third kappa shape index (κ3) is 14.4. The third-order valence-corrected chi connectivity index (χ3v) is 2.83. The summed E-state index contributed by atoms with van der Waals surface area (Å²) in [5, 5.41) is 8.60. The van der Waals surface area contributed by atoms with E-state index < -0.39 is 5.91 Å². The number of hydrogen-bond acceptors (Lipinski definition) is 3. The molecule has 0 aliphatic heterocycles. The predicted octanol–water partition coefficient (Wildman–Crippen LogP) is 2.02. The molecule has 0 spiro atoms. The molecule has 0 aliphatic rings. The highest BCUT2D eigenvalue weighted by atomic mass is 16.2. The molecule has 0 atom stereocenters. The summed E-state index contributed by atoms with van der Waals surface area (Å²) in [6.07, 6.45) is 4.64. The van der Waals surface area contributed by atoms with Gasteiger partial charge in [0.25, 0.3) is 0 Å². The zero-order valence-electron chi connectivity index (χ0n) is 13.0. The van der Waals surface area contributed by atoms with Crippen LogP contribution in [0.3, 0.4) is 0 Å². The Balaban J connectivity index is 3.32. The number of urea groups is 1. The van der Waals surface area contributed by atoms with Crippen LogP contribution in [0.2, 0.25) is 0 Å². The second kappa shape index (κ2) is 13.2. The molecule has 3 amide bonds. The Morgan fingerprint density at radius 1 is 1.05 bits per heavy atom.